The van der Waals surface area contributed by atoms with E-state index in [1.165, 1.54) is 93.0 Å². The zero-order valence-corrected chi connectivity index (χ0v) is 41.7. The molecule has 1 N–H and O–H groups in total. The SMILES string of the molecule is Brc1cc(-c2ccc3c(c2)c2ccccc2n3-c2ccc(N(c3ccc4ccccc4c3)c3ccc4ccccc4c3)cc2)cc(-c2ccc3c(c2)c2ccccc2n3C2Nc3ccccc3-c3ccccc32)c1. The summed E-state index contributed by atoms with van der Waals surface area (Å²) in [6.45, 7) is 0. The molecule has 1 atom stereocenters. The third kappa shape index (κ3) is 6.88. The van der Waals surface area contributed by atoms with E-state index in [1.807, 2.05) is 0 Å². The Kier molecular flexibility index (Phi) is 9.76. The van der Waals surface area contributed by atoms with E-state index in [0.717, 1.165) is 44.0 Å². The van der Waals surface area contributed by atoms with Gasteiger partial charge in [0.05, 0.1) is 22.1 Å². The lowest BCUT2D eigenvalue weighted by molar-refractivity contribution is 0.697. The van der Waals surface area contributed by atoms with E-state index in [0.29, 0.717) is 0 Å². The molecule has 2 aromatic heterocycles. The Hall–Kier alpha value is -9.16. The first-order chi connectivity index (χ1) is 36.6. The van der Waals surface area contributed by atoms with Crippen LogP contribution in [-0.4, -0.2) is 9.13 Å². The molecule has 15 rings (SSSR count). The number of anilines is 4. The second-order valence-corrected chi connectivity index (χ2v) is 20.4. The molecule has 4 nitrogen and oxygen atoms in total. The number of hydrogen-bond acceptors (Lipinski definition) is 2. The van der Waals surface area contributed by atoms with Crippen LogP contribution in [0.4, 0.5) is 22.7 Å². The highest BCUT2D eigenvalue weighted by molar-refractivity contribution is 9.10. The monoisotopic (exact) mass is 1010 g/mol. The molecule has 0 saturated carbocycles. The van der Waals surface area contributed by atoms with Crippen molar-refractivity contribution in [3.05, 3.63) is 271 Å². The topological polar surface area (TPSA) is 25.1 Å². The first kappa shape index (κ1) is 42.5. The van der Waals surface area contributed by atoms with Crippen molar-refractivity contribution < 1.29 is 0 Å². The molecule has 0 saturated heterocycles. The van der Waals surface area contributed by atoms with Gasteiger partial charge >= 0.3 is 0 Å². The summed E-state index contributed by atoms with van der Waals surface area (Å²) in [4.78, 5) is 2.37. The lowest BCUT2D eigenvalue weighted by atomic mass is 9.92. The molecular formula is C69H45BrN4. The Bertz CT molecular complexity index is 4480. The van der Waals surface area contributed by atoms with Crippen LogP contribution >= 0.6 is 15.9 Å². The van der Waals surface area contributed by atoms with E-state index in [-0.39, 0.29) is 6.17 Å². The summed E-state index contributed by atoms with van der Waals surface area (Å²) in [5.74, 6) is 0. The van der Waals surface area contributed by atoms with E-state index in [1.54, 1.807) is 0 Å². The molecule has 0 fully saturated rings. The van der Waals surface area contributed by atoms with Crippen LogP contribution in [0.3, 0.4) is 0 Å². The first-order valence-electron chi connectivity index (χ1n) is 25.3. The fourth-order valence-corrected chi connectivity index (χ4v) is 12.4. The van der Waals surface area contributed by atoms with Crippen molar-refractivity contribution in [1.82, 2.24) is 9.13 Å². The minimum absolute atomic E-state index is 0.0699. The maximum atomic E-state index is 3.95. The van der Waals surface area contributed by atoms with Crippen molar-refractivity contribution >= 4 is 104 Å². The Morgan fingerprint density at radius 3 is 1.54 bits per heavy atom. The minimum atomic E-state index is -0.0699. The van der Waals surface area contributed by atoms with Crippen molar-refractivity contribution in [3.8, 4) is 39.1 Å². The van der Waals surface area contributed by atoms with Gasteiger partial charge < -0.3 is 19.4 Å². The number of halogens is 1. The molecule has 0 amide bonds. The Morgan fingerprint density at radius 2 is 0.851 bits per heavy atom. The Balaban J connectivity index is 0.804. The molecule has 74 heavy (non-hydrogen) atoms. The lowest BCUT2D eigenvalue weighted by Crippen LogP contribution is -2.23. The van der Waals surface area contributed by atoms with E-state index in [9.17, 15) is 0 Å². The third-order valence-electron chi connectivity index (χ3n) is 15.3. The summed E-state index contributed by atoms with van der Waals surface area (Å²) in [5, 5.41) is 13.7. The molecule has 0 bridgehead atoms. The van der Waals surface area contributed by atoms with Crippen molar-refractivity contribution in [1.29, 1.82) is 0 Å². The van der Waals surface area contributed by atoms with Gasteiger partial charge in [0.2, 0.25) is 0 Å². The van der Waals surface area contributed by atoms with Crippen LogP contribution < -0.4 is 10.2 Å². The lowest BCUT2D eigenvalue weighted by Gasteiger charge is -2.32. The third-order valence-corrected chi connectivity index (χ3v) is 15.8. The second-order valence-electron chi connectivity index (χ2n) is 19.5. The van der Waals surface area contributed by atoms with Gasteiger partial charge in [-0.3, -0.25) is 0 Å². The Morgan fingerprint density at radius 1 is 0.351 bits per heavy atom. The maximum Gasteiger partial charge on any atom is 0.131 e. The van der Waals surface area contributed by atoms with Gasteiger partial charge in [-0.1, -0.05) is 168 Å². The molecule has 12 aromatic carbocycles. The molecule has 5 heteroatoms. The number of fused-ring (bicyclic) bond motifs is 11. The summed E-state index contributed by atoms with van der Waals surface area (Å²) in [6.07, 6.45) is -0.0699. The van der Waals surface area contributed by atoms with Crippen molar-refractivity contribution in [2.45, 2.75) is 6.17 Å². The number of nitrogens with zero attached hydrogens (tertiary/aromatic N) is 3. The van der Waals surface area contributed by atoms with Crippen LogP contribution in [0, 0.1) is 0 Å². The van der Waals surface area contributed by atoms with Gasteiger partial charge in [0.15, 0.2) is 0 Å². The van der Waals surface area contributed by atoms with Crippen LogP contribution in [0.1, 0.15) is 11.7 Å². The predicted molar refractivity (Wildman–Crippen MR) is 316 cm³/mol. The van der Waals surface area contributed by atoms with Crippen LogP contribution in [0.5, 0.6) is 0 Å². The zero-order chi connectivity index (χ0) is 48.9. The Labute approximate surface area is 436 Å². The van der Waals surface area contributed by atoms with Crippen molar-refractivity contribution in [2.75, 3.05) is 10.2 Å². The number of para-hydroxylation sites is 3. The first-order valence-corrected chi connectivity index (χ1v) is 26.1. The highest BCUT2D eigenvalue weighted by Crippen LogP contribution is 2.46. The van der Waals surface area contributed by atoms with Gasteiger partial charge in [-0.05, 0) is 159 Å². The number of hydrogen-bond donors (Lipinski definition) is 1. The summed E-state index contributed by atoms with van der Waals surface area (Å²) in [7, 11) is 0. The van der Waals surface area contributed by atoms with Crippen molar-refractivity contribution in [3.63, 3.8) is 0 Å². The largest absolute Gasteiger partial charge is 0.361 e. The van der Waals surface area contributed by atoms with Gasteiger partial charge in [-0.25, -0.2) is 0 Å². The molecule has 0 spiro atoms. The maximum absolute atomic E-state index is 3.95. The zero-order valence-electron chi connectivity index (χ0n) is 40.1. The minimum Gasteiger partial charge on any atom is -0.361 e. The molecular weight excluding hydrogens is 965 g/mol. The van der Waals surface area contributed by atoms with Gasteiger partial charge in [0.1, 0.15) is 6.17 Å². The number of rotatable bonds is 7. The van der Waals surface area contributed by atoms with Gasteiger partial charge in [0, 0.05) is 65.6 Å². The fraction of sp³-hybridized carbons (Fsp3) is 0.0145. The van der Waals surface area contributed by atoms with Gasteiger partial charge in [-0.15, -0.1) is 0 Å². The van der Waals surface area contributed by atoms with Crippen LogP contribution in [0.15, 0.2) is 265 Å². The highest BCUT2D eigenvalue weighted by Gasteiger charge is 2.28. The molecule has 14 aromatic rings. The molecule has 1 aliphatic rings. The molecule has 1 unspecified atom stereocenters. The summed E-state index contributed by atoms with van der Waals surface area (Å²) in [6, 6.07) is 95.6. The number of benzene rings is 12. The van der Waals surface area contributed by atoms with E-state index in [2.05, 4.69) is 296 Å². The summed E-state index contributed by atoms with van der Waals surface area (Å²) >= 11 is 3.95. The average Bonchev–Trinajstić information content (AvgIpc) is 3.99. The average molecular weight is 1010 g/mol. The summed E-state index contributed by atoms with van der Waals surface area (Å²) < 4.78 is 5.94. The van der Waals surface area contributed by atoms with E-state index >= 15 is 0 Å². The number of aromatic nitrogens is 2. The molecule has 0 aliphatic carbocycles. The van der Waals surface area contributed by atoms with Crippen LogP contribution in [-0.2, 0) is 0 Å². The second kappa shape index (κ2) is 17.0. The summed E-state index contributed by atoms with van der Waals surface area (Å²) in [5.41, 5.74) is 18.8. The van der Waals surface area contributed by atoms with Crippen molar-refractivity contribution in [2.24, 2.45) is 0 Å². The fourth-order valence-electron chi connectivity index (χ4n) is 11.9. The van der Waals surface area contributed by atoms with Crippen LogP contribution in [0.2, 0.25) is 0 Å². The quantitative estimate of drug-likeness (QED) is 0.172. The van der Waals surface area contributed by atoms with Crippen LogP contribution in [0.25, 0.3) is 104 Å². The number of nitrogens with one attached hydrogen (secondary N) is 1. The molecule has 0 radical (unpaired) electrons. The highest BCUT2D eigenvalue weighted by atomic mass is 79.9. The standard InChI is InChI=1S/C69H45BrN4/c70-52-38-50(37-51(39-52)49-28-36-68-63(43-49)60-20-9-12-24-66(60)74(68)69-61-21-6-5-17-57(61)58-18-7-10-22-64(58)71-69)48-27-35-67-62(42-48)59-19-8-11-23-65(59)73(67)54-33-31-53(32-34-54)72(55-29-25-44-13-1-3-15-46(44)40-55)56-30-26-45-14-2-4-16-47(45)41-56/h1-43,69,71H. The molecule has 1 aliphatic heterocycles. The normalized spacial score (nSPS) is 13.2. The van der Waals surface area contributed by atoms with E-state index < -0.39 is 0 Å². The van der Waals surface area contributed by atoms with Gasteiger partial charge in [0.25, 0.3) is 0 Å². The predicted octanol–water partition coefficient (Wildman–Crippen LogP) is 19.4. The molecule has 3 heterocycles. The smallest absolute Gasteiger partial charge is 0.131 e. The van der Waals surface area contributed by atoms with E-state index in [4.69, 9.17) is 0 Å². The molecule has 348 valence electrons. The van der Waals surface area contributed by atoms with Gasteiger partial charge in [-0.2, -0.15) is 0 Å².